The van der Waals surface area contributed by atoms with Crippen molar-refractivity contribution in [1.29, 1.82) is 0 Å². The molecule has 37 nitrogen and oxygen atoms in total. The van der Waals surface area contributed by atoms with Gasteiger partial charge in [0.2, 0.25) is 17.4 Å². The van der Waals surface area contributed by atoms with Gasteiger partial charge in [0.25, 0.3) is 0 Å². The van der Waals surface area contributed by atoms with Crippen LogP contribution in [0.2, 0.25) is 20.1 Å². The van der Waals surface area contributed by atoms with Crippen LogP contribution in [0.4, 0.5) is 9.59 Å². The summed E-state index contributed by atoms with van der Waals surface area (Å²) >= 11 is 25.9. The maximum Gasteiger partial charge on any atom is 0.508 e. The highest BCUT2D eigenvalue weighted by molar-refractivity contribution is 6.32. The van der Waals surface area contributed by atoms with Crippen LogP contribution in [0, 0.1) is 5.92 Å². The van der Waals surface area contributed by atoms with E-state index in [1.165, 1.54) is 40.2 Å². The number of oxime groups is 4. The fraction of sp³-hybridized carbons (Fsp3) is 0.451. The van der Waals surface area contributed by atoms with Gasteiger partial charge in [-0.15, -0.1) is 0 Å². The second-order valence-electron chi connectivity index (χ2n) is 35.2. The third-order valence-electron chi connectivity index (χ3n) is 25.8. The van der Waals surface area contributed by atoms with Crippen LogP contribution in [0.15, 0.2) is 197 Å². The Morgan fingerprint density at radius 3 is 1.27 bits per heavy atom. The number of allylic oxidation sites excluding steroid dienone is 2. The van der Waals surface area contributed by atoms with Gasteiger partial charge in [-0.05, 0) is 198 Å². The monoisotopic (exact) mass is 2070 g/mol. The van der Waals surface area contributed by atoms with Crippen LogP contribution in [-0.4, -0.2) is 306 Å². The minimum atomic E-state index is -1.82. The van der Waals surface area contributed by atoms with Crippen LogP contribution < -0.4 is 9.47 Å². The predicted octanol–water partition coefficient (Wildman–Crippen LogP) is 8.86. The van der Waals surface area contributed by atoms with Crippen molar-refractivity contribution in [3.05, 3.63) is 274 Å². The van der Waals surface area contributed by atoms with Crippen molar-refractivity contribution in [1.82, 2.24) is 0 Å². The fourth-order valence-corrected chi connectivity index (χ4v) is 18.5. The molecular formula is C102H118Cl4N4O33. The number of nitrogens with zero attached hydrogens (tertiary/aromatic N) is 4. The van der Waals surface area contributed by atoms with Crippen LogP contribution in [0.1, 0.15) is 124 Å². The van der Waals surface area contributed by atoms with Crippen LogP contribution in [0.25, 0.3) is 5.57 Å². The number of halogens is 4. The lowest BCUT2D eigenvalue weighted by Crippen LogP contribution is -2.65. The number of hydrogen-bond acceptors (Lipinski definition) is 37. The molecule has 8 aliphatic rings. The van der Waals surface area contributed by atoms with Gasteiger partial charge >= 0.3 is 12.3 Å². The Morgan fingerprint density at radius 2 is 0.832 bits per heavy atom. The second kappa shape index (κ2) is 49.4. The molecule has 2 unspecified atom stereocenters. The van der Waals surface area contributed by atoms with Crippen LogP contribution in [-0.2, 0) is 115 Å². The van der Waals surface area contributed by atoms with E-state index in [4.69, 9.17) is 113 Å². The summed E-state index contributed by atoms with van der Waals surface area (Å²) < 4.78 is 72.4. The van der Waals surface area contributed by atoms with Crippen LogP contribution >= 0.6 is 46.4 Å². The average molecular weight is 2070 g/mol. The number of hydrogen-bond donors (Lipinski definition) is 14. The smallest absolute Gasteiger partial charge is 0.493 e. The molecule has 143 heavy (non-hydrogen) atoms. The maximum atomic E-state index is 11.8. The van der Waals surface area contributed by atoms with E-state index in [1.54, 1.807) is 93.0 Å². The Bertz CT molecular complexity index is 5720. The third kappa shape index (κ3) is 25.1. The first-order chi connectivity index (χ1) is 68.7. The van der Waals surface area contributed by atoms with E-state index in [0.29, 0.717) is 116 Å². The first kappa shape index (κ1) is 110. The summed E-state index contributed by atoms with van der Waals surface area (Å²) in [7, 11) is 5.96. The lowest BCUT2D eigenvalue weighted by Gasteiger charge is -2.46. The second-order valence-corrected chi connectivity index (χ2v) is 36.8. The van der Waals surface area contributed by atoms with E-state index < -0.39 is 158 Å². The van der Waals surface area contributed by atoms with Crippen molar-refractivity contribution < 1.29 is 162 Å². The summed E-state index contributed by atoms with van der Waals surface area (Å²) in [6, 6.07) is 51.6. The Hall–Kier alpha value is -10.2. The first-order valence-electron chi connectivity index (χ1n) is 46.0. The number of aliphatic hydroxyl groups excluding tert-OH is 14. The summed E-state index contributed by atoms with van der Waals surface area (Å²) in [5, 5.41) is 163. The Kier molecular flexibility index (Phi) is 38.0. The highest BCUT2D eigenvalue weighted by Gasteiger charge is 2.71. The summed E-state index contributed by atoms with van der Waals surface area (Å²) in [5.41, 5.74) is 7.45. The largest absolute Gasteiger partial charge is 0.508 e. The summed E-state index contributed by atoms with van der Waals surface area (Å²) in [4.78, 5) is 42.1. The first-order valence-corrected chi connectivity index (χ1v) is 47.5. The van der Waals surface area contributed by atoms with E-state index >= 15 is 0 Å². The molecule has 16 rings (SSSR count). The molecule has 6 bridgehead atoms. The van der Waals surface area contributed by atoms with Crippen LogP contribution in [0.3, 0.4) is 0 Å². The van der Waals surface area contributed by atoms with Gasteiger partial charge in [0.1, 0.15) is 151 Å². The zero-order chi connectivity index (χ0) is 103. The van der Waals surface area contributed by atoms with Crippen molar-refractivity contribution in [2.75, 3.05) is 101 Å². The molecule has 1 saturated carbocycles. The van der Waals surface area contributed by atoms with Gasteiger partial charge in [-0.3, -0.25) is 0 Å². The molecule has 22 atom stereocenters. The SMILES string of the molecule is CCOC(=O)OC[C@@]12CO[C@@](c3ccc(Cl)c(Cc4ccc(OCC=NOC)cc4)c3)(O1)[C@H](O)[C@@H](O)[C@@H]2O.CCOC(=O)OC[C@@]12CO[C@@](c3ccc(Cl)c(Cc4ccc(OCCC=NOC)cc4)c3)(O1)[C@H](O)[C@@H](O)[C@@H]2O.CON=C/C=C(\C)c1ccc(Cc2cc([C@@H]3O[C@H](CO)[C@@H](O)[C@H](O)[C@H]3O)ccc2Cl)cc1.CON=CC1CC1c1ccc(Cc2cc([C@]34OC[C@](CO)(O3)[C@@H](O)[C@H](O)[C@H]4O)ccc2Cl)cc1. The molecule has 7 heterocycles. The number of fused-ring (bicyclic) bond motifs is 6. The molecule has 41 heteroatoms. The normalized spacial score (nSPS) is 29.8. The molecule has 0 spiro atoms. The number of carbonyl (C=O) groups excluding carboxylic acids is 2. The predicted molar refractivity (Wildman–Crippen MR) is 519 cm³/mol. The number of benzene rings is 8. The van der Waals surface area contributed by atoms with Gasteiger partial charge in [-0.1, -0.05) is 170 Å². The molecule has 7 saturated heterocycles. The summed E-state index contributed by atoms with van der Waals surface area (Å²) in [6.07, 6.45) is -10.2. The van der Waals surface area contributed by atoms with Gasteiger partial charge in [-0.2, -0.15) is 0 Å². The lowest BCUT2D eigenvalue weighted by molar-refractivity contribution is -0.329. The van der Waals surface area contributed by atoms with Gasteiger partial charge in [0, 0.05) is 61.5 Å². The van der Waals surface area contributed by atoms with Crippen molar-refractivity contribution in [2.45, 2.75) is 185 Å². The third-order valence-corrected chi connectivity index (χ3v) is 27.3. The highest BCUT2D eigenvalue weighted by Crippen LogP contribution is 2.55. The molecule has 772 valence electrons. The van der Waals surface area contributed by atoms with Crippen molar-refractivity contribution >= 4 is 89.1 Å². The van der Waals surface area contributed by atoms with E-state index in [9.17, 15) is 81.1 Å². The van der Waals surface area contributed by atoms with Crippen LogP contribution in [0.5, 0.6) is 11.5 Å². The molecule has 8 fully saturated rings. The van der Waals surface area contributed by atoms with Crippen molar-refractivity contribution in [3.63, 3.8) is 0 Å². The molecule has 14 N–H and O–H groups in total. The minimum Gasteiger partial charge on any atom is -0.493 e. The van der Waals surface area contributed by atoms with Gasteiger partial charge in [0.05, 0.1) is 65.3 Å². The van der Waals surface area contributed by atoms with E-state index in [0.717, 1.165) is 50.9 Å². The van der Waals surface area contributed by atoms with Gasteiger partial charge < -0.3 is 152 Å². The molecule has 0 amide bonds. The van der Waals surface area contributed by atoms with Gasteiger partial charge in [-0.25, -0.2) is 9.59 Å². The molecule has 8 aromatic rings. The maximum absolute atomic E-state index is 11.8. The Balaban J connectivity index is 0.000000160. The molecule has 7 aliphatic heterocycles. The fourth-order valence-electron chi connectivity index (χ4n) is 17.8. The van der Waals surface area contributed by atoms with Crippen molar-refractivity contribution in [3.8, 4) is 11.5 Å². The topological polar surface area (TPSA) is 524 Å². The summed E-state index contributed by atoms with van der Waals surface area (Å²) in [6.45, 7) is 3.53. The number of aliphatic hydroxyl groups is 14. The zero-order valence-electron chi connectivity index (χ0n) is 79.1. The molecule has 0 radical (unpaired) electrons. The van der Waals surface area contributed by atoms with Crippen molar-refractivity contribution in [2.24, 2.45) is 26.5 Å². The van der Waals surface area contributed by atoms with E-state index in [2.05, 4.69) is 59.4 Å². The average Bonchev–Trinajstić information content (AvgIpc) is 1.49. The highest BCUT2D eigenvalue weighted by atomic mass is 35.5. The number of carbonyl (C=O) groups is 2. The van der Waals surface area contributed by atoms with E-state index in [1.807, 2.05) is 98.1 Å². The number of rotatable bonds is 35. The minimum absolute atomic E-state index is 0.101. The molecule has 1 aliphatic carbocycles. The Morgan fingerprint density at radius 1 is 0.434 bits per heavy atom. The van der Waals surface area contributed by atoms with Gasteiger partial charge in [0.15, 0.2) is 11.2 Å². The zero-order valence-corrected chi connectivity index (χ0v) is 82.2. The quantitative estimate of drug-likeness (QED) is 0.00762. The number of ether oxygens (including phenoxy) is 13. The molecular weight excluding hydrogens is 1950 g/mol. The standard InChI is InChI=1S/C27H32ClNO10.C26H30ClNO10.C25H28ClNO7.C24H28ClNO6/c1-3-35-25(33)37-15-26-16-38-27(39-26,24(32)22(30)23(26)31)19-7-10-21(28)18(14-19)13-17-5-8-20(9-6-17)36-12-4-11-29-34-2;1-3-34-24(32)36-14-25-15-37-26(38-25,23(31)21(29)22(25)30)18-6-9-20(27)17(13-18)12-16-4-7-19(8-5-16)35-11-10-28-33-2;1-32-27-11-17-10-19(17)15-4-2-14(3-5-15)8-16-9-18(6-7-20(16)26)25-23(31)21(29)22(30)24(12-28,34-25)13-33-25;1-14(9-10-26-31-2)16-5-3-15(4-6-16)11-18-12-17(7-8-19(18)25)24-23(30)22(29)21(28)20(13-27)32-24/h5-11,14,22-24,30-32H,3-4,12-13,15-16H2,1-2H3;4-10,13,21-23,29-31H,3,11-12,14-15H2,1-2H3;2-7,9,11,17,19,21-23,28-31H,8,10,12-13H2,1H3;3-10,12,20-24,27-30H,11,13H2,1-2H3/b;;;14-9+,26-10?/t22-,23-,24+,26-,27-;21-,22-,23+,25-,26-;17?,19?,21-,22-,23+,24-,25-;20-,21-,22+,23-,24+/m0001/s1. The lowest BCUT2D eigenvalue weighted by atomic mass is 9.83. The molecule has 8 aromatic carbocycles. The molecule has 0 aromatic heterocycles. The van der Waals surface area contributed by atoms with E-state index in [-0.39, 0.29) is 39.6 Å². The Labute approximate surface area is 844 Å². The summed E-state index contributed by atoms with van der Waals surface area (Å²) in [5.74, 6) is -3.13.